The zero-order valence-corrected chi connectivity index (χ0v) is 15.3. The molecule has 0 atom stereocenters. The number of nitro groups is 1. The zero-order valence-electron chi connectivity index (χ0n) is 15.3. The Labute approximate surface area is 157 Å². The third kappa shape index (κ3) is 5.64. The lowest BCUT2D eigenvalue weighted by atomic mass is 10.1. The fraction of sp³-hybridized carbons (Fsp3) is 0.300. The van der Waals surface area contributed by atoms with Crippen LogP contribution in [0.2, 0.25) is 0 Å². The highest BCUT2D eigenvalue weighted by atomic mass is 16.6. The largest absolute Gasteiger partial charge is 0.462 e. The van der Waals surface area contributed by atoms with Gasteiger partial charge in [-0.25, -0.2) is 9.59 Å². The number of carbonyl (C=O) groups is 2. The van der Waals surface area contributed by atoms with Gasteiger partial charge in [0.05, 0.1) is 22.7 Å². The topological polar surface area (TPSA) is 95.7 Å². The van der Waals surface area contributed by atoms with Crippen LogP contribution < -0.4 is 0 Å². The lowest BCUT2D eigenvalue weighted by molar-refractivity contribution is -0.385. The van der Waals surface area contributed by atoms with Crippen LogP contribution in [0.4, 0.5) is 5.69 Å². The Hall–Kier alpha value is -3.22. The maximum Gasteiger partial charge on any atom is 0.338 e. The summed E-state index contributed by atoms with van der Waals surface area (Å²) in [4.78, 5) is 34.3. The minimum atomic E-state index is -0.545. The molecule has 0 saturated heterocycles. The van der Waals surface area contributed by atoms with Gasteiger partial charge in [-0.1, -0.05) is 13.3 Å². The Morgan fingerprint density at radius 2 is 1.59 bits per heavy atom. The van der Waals surface area contributed by atoms with E-state index >= 15 is 0 Å². The van der Waals surface area contributed by atoms with E-state index in [0.717, 1.165) is 12.8 Å². The summed E-state index contributed by atoms with van der Waals surface area (Å²) in [5.74, 6) is -0.971. The van der Waals surface area contributed by atoms with E-state index in [4.69, 9.17) is 9.47 Å². The highest BCUT2D eigenvalue weighted by Gasteiger charge is 2.13. The van der Waals surface area contributed by atoms with Crippen LogP contribution in [-0.4, -0.2) is 23.5 Å². The summed E-state index contributed by atoms with van der Waals surface area (Å²) in [6.07, 6.45) is 1.74. The minimum absolute atomic E-state index is 0.00151. The molecule has 2 rings (SSSR count). The highest BCUT2D eigenvalue weighted by Crippen LogP contribution is 2.19. The monoisotopic (exact) mass is 371 g/mol. The van der Waals surface area contributed by atoms with Gasteiger partial charge in [0.1, 0.15) is 6.61 Å². The zero-order chi connectivity index (χ0) is 19.8. The SMILES string of the molecule is CCCCOC(=O)c1ccc(C(=O)OCc2ccc([N+](=O)[O-])c(C)c2)cc1. The number of unbranched alkanes of at least 4 members (excludes halogenated alkanes) is 1. The van der Waals surface area contributed by atoms with Crippen LogP contribution in [0.1, 0.15) is 51.6 Å². The number of benzene rings is 2. The molecule has 2 aromatic rings. The third-order valence-corrected chi connectivity index (χ3v) is 3.92. The second kappa shape index (κ2) is 9.47. The van der Waals surface area contributed by atoms with E-state index in [0.29, 0.717) is 28.9 Å². The van der Waals surface area contributed by atoms with Gasteiger partial charge in [0.15, 0.2) is 0 Å². The summed E-state index contributed by atoms with van der Waals surface area (Å²) in [5.41, 5.74) is 1.85. The quantitative estimate of drug-likeness (QED) is 0.298. The van der Waals surface area contributed by atoms with Crippen molar-refractivity contribution in [3.8, 4) is 0 Å². The molecular formula is C20H21NO6. The van der Waals surface area contributed by atoms with Crippen molar-refractivity contribution in [2.75, 3.05) is 6.61 Å². The summed E-state index contributed by atoms with van der Waals surface area (Å²) in [6, 6.07) is 10.6. The fourth-order valence-corrected chi connectivity index (χ4v) is 2.38. The van der Waals surface area contributed by atoms with Gasteiger partial charge in [-0.3, -0.25) is 10.1 Å². The average Bonchev–Trinajstić information content (AvgIpc) is 2.66. The van der Waals surface area contributed by atoms with Gasteiger partial charge >= 0.3 is 11.9 Å². The van der Waals surface area contributed by atoms with Crippen molar-refractivity contribution >= 4 is 17.6 Å². The van der Waals surface area contributed by atoms with Crippen LogP contribution in [0.25, 0.3) is 0 Å². The third-order valence-electron chi connectivity index (χ3n) is 3.92. The summed E-state index contributed by atoms with van der Waals surface area (Å²) >= 11 is 0. The van der Waals surface area contributed by atoms with Gasteiger partial charge in [0.25, 0.3) is 5.69 Å². The van der Waals surface area contributed by atoms with Crippen molar-refractivity contribution < 1.29 is 24.0 Å². The number of aryl methyl sites for hydroxylation is 1. The molecule has 0 radical (unpaired) electrons. The molecule has 0 spiro atoms. The standard InChI is InChI=1S/C20H21NO6/c1-3-4-11-26-19(22)16-6-8-17(9-7-16)20(23)27-13-15-5-10-18(21(24)25)14(2)12-15/h5-10,12H,3-4,11,13H2,1-2H3. The second-order valence-corrected chi connectivity index (χ2v) is 6.02. The first-order chi connectivity index (χ1) is 12.9. The summed E-state index contributed by atoms with van der Waals surface area (Å²) in [7, 11) is 0. The van der Waals surface area contributed by atoms with E-state index < -0.39 is 16.9 Å². The van der Waals surface area contributed by atoms with E-state index in [1.165, 1.54) is 30.3 Å². The van der Waals surface area contributed by atoms with Crippen molar-refractivity contribution in [3.63, 3.8) is 0 Å². The van der Waals surface area contributed by atoms with Gasteiger partial charge < -0.3 is 9.47 Å². The minimum Gasteiger partial charge on any atom is -0.462 e. The predicted molar refractivity (Wildman–Crippen MR) is 98.6 cm³/mol. The van der Waals surface area contributed by atoms with Crippen molar-refractivity contribution in [2.45, 2.75) is 33.3 Å². The van der Waals surface area contributed by atoms with Gasteiger partial charge in [-0.15, -0.1) is 0 Å². The molecule has 0 aromatic heterocycles. The summed E-state index contributed by atoms with van der Waals surface area (Å²) in [5, 5.41) is 10.8. The lowest BCUT2D eigenvalue weighted by Gasteiger charge is -2.07. The second-order valence-electron chi connectivity index (χ2n) is 6.02. The Morgan fingerprint density at radius 3 is 2.11 bits per heavy atom. The van der Waals surface area contributed by atoms with Crippen LogP contribution >= 0.6 is 0 Å². The maximum atomic E-state index is 12.1. The van der Waals surface area contributed by atoms with E-state index in [-0.39, 0.29) is 12.3 Å². The van der Waals surface area contributed by atoms with E-state index in [2.05, 4.69) is 0 Å². The maximum absolute atomic E-state index is 12.1. The predicted octanol–water partition coefficient (Wildman–Crippen LogP) is 4.22. The highest BCUT2D eigenvalue weighted by molar-refractivity contribution is 5.93. The molecule has 0 heterocycles. The van der Waals surface area contributed by atoms with Gasteiger partial charge in [0.2, 0.25) is 0 Å². The van der Waals surface area contributed by atoms with Crippen molar-refractivity contribution in [3.05, 3.63) is 74.8 Å². The molecule has 0 fully saturated rings. The molecule has 0 bridgehead atoms. The Balaban J connectivity index is 1.93. The number of nitrogens with zero attached hydrogens (tertiary/aromatic N) is 1. The molecule has 27 heavy (non-hydrogen) atoms. The molecule has 0 unspecified atom stereocenters. The molecule has 0 aliphatic heterocycles. The van der Waals surface area contributed by atoms with Gasteiger partial charge in [-0.2, -0.15) is 0 Å². The molecule has 0 amide bonds. The van der Waals surface area contributed by atoms with Crippen molar-refractivity contribution in [2.24, 2.45) is 0 Å². The smallest absolute Gasteiger partial charge is 0.338 e. The normalized spacial score (nSPS) is 10.3. The number of hydrogen-bond donors (Lipinski definition) is 0. The van der Waals surface area contributed by atoms with Crippen LogP contribution in [-0.2, 0) is 16.1 Å². The first kappa shape index (κ1) is 20.1. The Morgan fingerprint density at radius 1 is 1.00 bits per heavy atom. The van der Waals surface area contributed by atoms with Crippen LogP contribution in [0.5, 0.6) is 0 Å². The average molecular weight is 371 g/mol. The molecule has 7 nitrogen and oxygen atoms in total. The van der Waals surface area contributed by atoms with E-state index in [9.17, 15) is 19.7 Å². The molecule has 7 heteroatoms. The van der Waals surface area contributed by atoms with Crippen LogP contribution in [0, 0.1) is 17.0 Å². The fourth-order valence-electron chi connectivity index (χ4n) is 2.38. The van der Waals surface area contributed by atoms with Crippen molar-refractivity contribution in [1.82, 2.24) is 0 Å². The molecule has 2 aromatic carbocycles. The number of carbonyl (C=O) groups excluding carboxylic acids is 2. The van der Waals surface area contributed by atoms with E-state index in [1.807, 2.05) is 6.92 Å². The molecular weight excluding hydrogens is 350 g/mol. The van der Waals surface area contributed by atoms with Crippen LogP contribution in [0.3, 0.4) is 0 Å². The molecule has 0 saturated carbocycles. The first-order valence-electron chi connectivity index (χ1n) is 8.60. The Bertz CT molecular complexity index is 829. The van der Waals surface area contributed by atoms with Crippen LogP contribution in [0.15, 0.2) is 42.5 Å². The van der Waals surface area contributed by atoms with Gasteiger partial charge in [0, 0.05) is 11.6 Å². The number of esters is 2. The Kier molecular flexibility index (Phi) is 7.05. The lowest BCUT2D eigenvalue weighted by Crippen LogP contribution is -2.08. The number of ether oxygens (including phenoxy) is 2. The molecule has 142 valence electrons. The summed E-state index contributed by atoms with van der Waals surface area (Å²) in [6.45, 7) is 4.00. The van der Waals surface area contributed by atoms with Crippen molar-refractivity contribution in [1.29, 1.82) is 0 Å². The summed E-state index contributed by atoms with van der Waals surface area (Å²) < 4.78 is 10.3. The first-order valence-corrected chi connectivity index (χ1v) is 8.60. The number of hydrogen-bond acceptors (Lipinski definition) is 6. The number of rotatable bonds is 8. The molecule has 0 aliphatic carbocycles. The van der Waals surface area contributed by atoms with E-state index in [1.54, 1.807) is 19.1 Å². The number of nitro benzene ring substituents is 1. The molecule has 0 N–H and O–H groups in total. The molecule has 0 aliphatic rings. The van der Waals surface area contributed by atoms with Gasteiger partial charge in [-0.05, 0) is 55.3 Å².